The Kier molecular flexibility index (Phi) is 4.70. The first-order chi connectivity index (χ1) is 8.29. The first kappa shape index (κ1) is 13.2. The summed E-state index contributed by atoms with van der Waals surface area (Å²) in [6.07, 6.45) is 18.3. The molecular formula is C17H30. The Morgan fingerprint density at radius 2 is 1.59 bits per heavy atom. The van der Waals surface area contributed by atoms with Crippen LogP contribution in [0.25, 0.3) is 0 Å². The summed E-state index contributed by atoms with van der Waals surface area (Å²) < 4.78 is 0. The molecule has 0 aromatic carbocycles. The summed E-state index contributed by atoms with van der Waals surface area (Å²) >= 11 is 0. The Morgan fingerprint density at radius 3 is 2.12 bits per heavy atom. The Morgan fingerprint density at radius 1 is 1.00 bits per heavy atom. The highest BCUT2D eigenvalue weighted by Gasteiger charge is 2.34. The molecule has 2 aliphatic carbocycles. The molecule has 0 nitrogen and oxygen atoms in total. The minimum absolute atomic E-state index is 0.514. The van der Waals surface area contributed by atoms with E-state index in [0.29, 0.717) is 5.41 Å². The summed E-state index contributed by atoms with van der Waals surface area (Å²) in [4.78, 5) is 0. The highest BCUT2D eigenvalue weighted by Crippen LogP contribution is 2.47. The Hall–Kier alpha value is -0.260. The molecular weight excluding hydrogens is 204 g/mol. The molecule has 0 unspecified atom stereocenters. The largest absolute Gasteiger partial charge is 0.103 e. The van der Waals surface area contributed by atoms with Crippen LogP contribution in [0.5, 0.6) is 0 Å². The van der Waals surface area contributed by atoms with Gasteiger partial charge in [-0.15, -0.1) is 6.58 Å². The van der Waals surface area contributed by atoms with E-state index in [1.807, 2.05) is 0 Å². The maximum absolute atomic E-state index is 4.11. The van der Waals surface area contributed by atoms with Crippen molar-refractivity contribution in [2.45, 2.75) is 77.6 Å². The predicted octanol–water partition coefficient (Wildman–Crippen LogP) is 5.73. The van der Waals surface area contributed by atoms with Gasteiger partial charge >= 0.3 is 0 Å². The lowest BCUT2D eigenvalue weighted by atomic mass is 9.64. The third-order valence-electron chi connectivity index (χ3n) is 5.52. The van der Waals surface area contributed by atoms with Crippen molar-refractivity contribution in [2.24, 2.45) is 17.3 Å². The van der Waals surface area contributed by atoms with E-state index in [9.17, 15) is 0 Å². The van der Waals surface area contributed by atoms with E-state index in [1.54, 1.807) is 0 Å². The standard InChI is InChI=1S/C17H30/c1-3-12-17(4-2)13-10-16(11-14-17)15-8-6-5-7-9-15/h4,15-16H,2-3,5-14H2,1H3. The molecule has 17 heavy (non-hydrogen) atoms. The Bertz CT molecular complexity index is 226. The van der Waals surface area contributed by atoms with Crippen LogP contribution in [0.1, 0.15) is 77.6 Å². The number of rotatable bonds is 4. The molecule has 0 N–H and O–H groups in total. The van der Waals surface area contributed by atoms with Crippen LogP contribution in [0.3, 0.4) is 0 Å². The fraction of sp³-hybridized carbons (Fsp3) is 0.882. The highest BCUT2D eigenvalue weighted by molar-refractivity contribution is 4.98. The molecule has 0 aromatic rings. The van der Waals surface area contributed by atoms with Crippen molar-refractivity contribution < 1.29 is 0 Å². The van der Waals surface area contributed by atoms with Gasteiger partial charge in [0.15, 0.2) is 0 Å². The molecule has 0 bridgehead atoms. The van der Waals surface area contributed by atoms with Crippen LogP contribution in [-0.2, 0) is 0 Å². The Labute approximate surface area is 108 Å². The number of hydrogen-bond donors (Lipinski definition) is 0. The van der Waals surface area contributed by atoms with Crippen LogP contribution >= 0.6 is 0 Å². The zero-order valence-corrected chi connectivity index (χ0v) is 11.7. The average Bonchev–Trinajstić information content (AvgIpc) is 2.41. The van der Waals surface area contributed by atoms with E-state index in [-0.39, 0.29) is 0 Å². The average molecular weight is 234 g/mol. The van der Waals surface area contributed by atoms with E-state index in [0.717, 1.165) is 11.8 Å². The van der Waals surface area contributed by atoms with Crippen LogP contribution in [0.2, 0.25) is 0 Å². The molecule has 2 aliphatic rings. The van der Waals surface area contributed by atoms with Gasteiger partial charge < -0.3 is 0 Å². The molecule has 0 heteroatoms. The van der Waals surface area contributed by atoms with E-state index in [4.69, 9.17) is 0 Å². The van der Waals surface area contributed by atoms with Crippen molar-refractivity contribution in [2.75, 3.05) is 0 Å². The molecule has 0 aliphatic heterocycles. The van der Waals surface area contributed by atoms with Crippen molar-refractivity contribution in [1.29, 1.82) is 0 Å². The molecule has 0 heterocycles. The van der Waals surface area contributed by atoms with Gasteiger partial charge in [-0.05, 0) is 49.4 Å². The van der Waals surface area contributed by atoms with Gasteiger partial charge in [-0.2, -0.15) is 0 Å². The van der Waals surface area contributed by atoms with E-state index >= 15 is 0 Å². The lowest BCUT2D eigenvalue weighted by molar-refractivity contribution is 0.126. The predicted molar refractivity (Wildman–Crippen MR) is 76.1 cm³/mol. The van der Waals surface area contributed by atoms with E-state index in [2.05, 4.69) is 19.6 Å². The van der Waals surface area contributed by atoms with Crippen molar-refractivity contribution in [3.05, 3.63) is 12.7 Å². The smallest absolute Gasteiger partial charge is 0.0121 e. The van der Waals surface area contributed by atoms with Gasteiger partial charge in [-0.3, -0.25) is 0 Å². The Balaban J connectivity index is 1.85. The summed E-state index contributed by atoms with van der Waals surface area (Å²) in [7, 11) is 0. The third kappa shape index (κ3) is 3.14. The molecule has 0 saturated heterocycles. The van der Waals surface area contributed by atoms with Gasteiger partial charge in [0.05, 0.1) is 0 Å². The zero-order valence-electron chi connectivity index (χ0n) is 11.7. The van der Waals surface area contributed by atoms with Crippen LogP contribution in [0.15, 0.2) is 12.7 Å². The summed E-state index contributed by atoms with van der Waals surface area (Å²) in [6.45, 7) is 6.43. The van der Waals surface area contributed by atoms with Crippen molar-refractivity contribution in [1.82, 2.24) is 0 Å². The molecule has 2 fully saturated rings. The minimum atomic E-state index is 0.514. The van der Waals surface area contributed by atoms with Gasteiger partial charge in [-0.25, -0.2) is 0 Å². The second-order valence-corrected chi connectivity index (χ2v) is 6.55. The van der Waals surface area contributed by atoms with Gasteiger partial charge in [0.25, 0.3) is 0 Å². The normalized spacial score (nSPS) is 35.7. The van der Waals surface area contributed by atoms with Crippen LogP contribution < -0.4 is 0 Å². The molecule has 2 rings (SSSR count). The lowest BCUT2D eigenvalue weighted by Crippen LogP contribution is -2.29. The van der Waals surface area contributed by atoms with Crippen molar-refractivity contribution in [3.63, 3.8) is 0 Å². The minimum Gasteiger partial charge on any atom is -0.103 e. The molecule has 2 saturated carbocycles. The summed E-state index contributed by atoms with van der Waals surface area (Å²) in [5.74, 6) is 2.13. The summed E-state index contributed by atoms with van der Waals surface area (Å²) in [6, 6.07) is 0. The first-order valence-electron chi connectivity index (χ1n) is 7.93. The van der Waals surface area contributed by atoms with E-state index in [1.165, 1.54) is 70.6 Å². The van der Waals surface area contributed by atoms with Gasteiger partial charge in [0.1, 0.15) is 0 Å². The van der Waals surface area contributed by atoms with Gasteiger partial charge in [0.2, 0.25) is 0 Å². The SMILES string of the molecule is C=CC1(CCC)CCC(C2CCCCC2)CC1. The summed E-state index contributed by atoms with van der Waals surface area (Å²) in [5.41, 5.74) is 0.514. The molecule has 0 amide bonds. The monoisotopic (exact) mass is 234 g/mol. The second-order valence-electron chi connectivity index (χ2n) is 6.55. The molecule has 0 atom stereocenters. The number of allylic oxidation sites excluding steroid dienone is 1. The van der Waals surface area contributed by atoms with Crippen LogP contribution in [0.4, 0.5) is 0 Å². The molecule has 0 spiro atoms. The molecule has 0 aromatic heterocycles. The molecule has 98 valence electrons. The topological polar surface area (TPSA) is 0 Å². The molecule has 0 radical (unpaired) electrons. The van der Waals surface area contributed by atoms with Gasteiger partial charge in [-0.1, -0.05) is 51.5 Å². The summed E-state index contributed by atoms with van der Waals surface area (Å²) in [5, 5.41) is 0. The fourth-order valence-corrected chi connectivity index (χ4v) is 4.35. The third-order valence-corrected chi connectivity index (χ3v) is 5.52. The maximum Gasteiger partial charge on any atom is -0.0121 e. The first-order valence-corrected chi connectivity index (χ1v) is 7.93. The number of hydrogen-bond acceptors (Lipinski definition) is 0. The van der Waals surface area contributed by atoms with Crippen molar-refractivity contribution in [3.8, 4) is 0 Å². The maximum atomic E-state index is 4.11. The highest BCUT2D eigenvalue weighted by atomic mass is 14.4. The van der Waals surface area contributed by atoms with E-state index < -0.39 is 0 Å². The van der Waals surface area contributed by atoms with Crippen LogP contribution in [0, 0.1) is 17.3 Å². The second kappa shape index (κ2) is 6.07. The van der Waals surface area contributed by atoms with Crippen LogP contribution in [-0.4, -0.2) is 0 Å². The quantitative estimate of drug-likeness (QED) is 0.545. The lowest BCUT2D eigenvalue weighted by Gasteiger charge is -2.41. The fourth-order valence-electron chi connectivity index (χ4n) is 4.35. The zero-order chi connectivity index (χ0) is 12.1. The van der Waals surface area contributed by atoms with Crippen molar-refractivity contribution >= 4 is 0 Å². The van der Waals surface area contributed by atoms with Gasteiger partial charge in [0, 0.05) is 0 Å².